The van der Waals surface area contributed by atoms with Crippen molar-refractivity contribution in [2.24, 2.45) is 5.73 Å². The molecule has 0 spiro atoms. The van der Waals surface area contributed by atoms with Crippen molar-refractivity contribution < 1.29 is 9.90 Å². The number of unbranched alkanes of at least 4 members (excludes halogenated alkanes) is 13. The van der Waals surface area contributed by atoms with Gasteiger partial charge in [-0.3, -0.25) is 4.79 Å². The average Bonchev–Trinajstić information content (AvgIpc) is 2.47. The number of carbonyl (C=O) groups is 1. The van der Waals surface area contributed by atoms with Crippen molar-refractivity contribution in [2.45, 2.75) is 108 Å². The van der Waals surface area contributed by atoms with Gasteiger partial charge in [0.15, 0.2) is 0 Å². The Bertz CT molecular complexity index is 270. The van der Waals surface area contributed by atoms with Crippen molar-refractivity contribution >= 4 is 17.5 Å². The van der Waals surface area contributed by atoms with Gasteiger partial charge in [0.1, 0.15) is 0 Å². The van der Waals surface area contributed by atoms with Crippen molar-refractivity contribution in [2.75, 3.05) is 0 Å². The van der Waals surface area contributed by atoms with Crippen LogP contribution in [0.25, 0.3) is 0 Å². The Morgan fingerprint density at radius 3 is 1.45 bits per heavy atom. The van der Waals surface area contributed by atoms with Crippen LogP contribution in [0.2, 0.25) is 0 Å². The number of carbonyl (C=O) groups excluding carboxylic acids is 1. The molecule has 0 rings (SSSR count). The third-order valence-electron chi connectivity index (χ3n) is 4.24. The van der Waals surface area contributed by atoms with E-state index >= 15 is 0 Å². The summed E-state index contributed by atoms with van der Waals surface area (Å²) in [6, 6.07) is 0. The van der Waals surface area contributed by atoms with Gasteiger partial charge in [0, 0.05) is 0 Å². The van der Waals surface area contributed by atoms with Gasteiger partial charge in [0.05, 0.1) is 0 Å². The van der Waals surface area contributed by atoms with E-state index in [0.29, 0.717) is 0 Å². The van der Waals surface area contributed by atoms with Crippen molar-refractivity contribution in [1.82, 2.24) is 0 Å². The van der Waals surface area contributed by atoms with E-state index in [2.05, 4.69) is 6.92 Å². The SMILES string of the molecule is CCCCCCCCCCCCCCCCC(O)(Cl)C(N)=O. The van der Waals surface area contributed by atoms with E-state index in [1.165, 1.54) is 70.6 Å². The molecule has 0 heterocycles. The number of primary amides is 1. The fraction of sp³-hybridized carbons (Fsp3) is 0.944. The normalized spacial score (nSPS) is 14.0. The van der Waals surface area contributed by atoms with E-state index in [4.69, 9.17) is 17.3 Å². The third-order valence-corrected chi connectivity index (χ3v) is 4.61. The third kappa shape index (κ3) is 13.4. The Morgan fingerprint density at radius 2 is 1.14 bits per heavy atom. The zero-order valence-corrected chi connectivity index (χ0v) is 15.2. The molecule has 132 valence electrons. The Balaban J connectivity index is 3.16. The molecule has 0 aromatic rings. The number of nitrogens with two attached hydrogens (primary N) is 1. The number of aliphatic hydroxyl groups is 1. The van der Waals surface area contributed by atoms with E-state index in [1.54, 1.807) is 0 Å². The number of rotatable bonds is 16. The maximum Gasteiger partial charge on any atom is 0.265 e. The first-order chi connectivity index (χ1) is 10.5. The van der Waals surface area contributed by atoms with Crippen LogP contribution in [0.1, 0.15) is 103 Å². The summed E-state index contributed by atoms with van der Waals surface area (Å²) in [6.07, 6.45) is 18.1. The van der Waals surface area contributed by atoms with Gasteiger partial charge in [0.25, 0.3) is 5.91 Å². The molecule has 3 nitrogen and oxygen atoms in total. The highest BCUT2D eigenvalue weighted by atomic mass is 35.5. The van der Waals surface area contributed by atoms with E-state index in [9.17, 15) is 9.90 Å². The zero-order valence-electron chi connectivity index (χ0n) is 14.4. The Morgan fingerprint density at radius 1 is 0.818 bits per heavy atom. The summed E-state index contributed by atoms with van der Waals surface area (Å²) in [5.41, 5.74) is 5.00. The predicted molar refractivity (Wildman–Crippen MR) is 94.9 cm³/mol. The number of amides is 1. The van der Waals surface area contributed by atoms with Crippen LogP contribution in [0.5, 0.6) is 0 Å². The monoisotopic (exact) mass is 333 g/mol. The summed E-state index contributed by atoms with van der Waals surface area (Å²) in [6.45, 7) is 2.26. The summed E-state index contributed by atoms with van der Waals surface area (Å²) in [4.78, 5) is 10.8. The highest BCUT2D eigenvalue weighted by Gasteiger charge is 2.29. The minimum absolute atomic E-state index is 0.252. The second-order valence-corrected chi connectivity index (χ2v) is 7.10. The molecule has 22 heavy (non-hydrogen) atoms. The standard InChI is InChI=1S/C18H36ClNO2/c1-2-3-4-5-6-7-8-9-10-11-12-13-14-15-16-18(19,22)17(20)21/h22H,2-16H2,1H3,(H2,20,21). The fourth-order valence-electron chi connectivity index (χ4n) is 2.68. The second-order valence-electron chi connectivity index (χ2n) is 6.47. The molecule has 4 heteroatoms. The molecule has 0 saturated carbocycles. The molecule has 1 unspecified atom stereocenters. The largest absolute Gasteiger partial charge is 0.367 e. The number of hydrogen-bond donors (Lipinski definition) is 2. The van der Waals surface area contributed by atoms with Crippen molar-refractivity contribution in [3.05, 3.63) is 0 Å². The second kappa shape index (κ2) is 14.3. The lowest BCUT2D eigenvalue weighted by molar-refractivity contribution is -0.129. The quantitative estimate of drug-likeness (QED) is 0.298. The van der Waals surface area contributed by atoms with Crippen molar-refractivity contribution in [1.29, 1.82) is 0 Å². The van der Waals surface area contributed by atoms with Crippen LogP contribution < -0.4 is 5.73 Å². The number of halogens is 1. The molecule has 0 bridgehead atoms. The van der Waals surface area contributed by atoms with Gasteiger partial charge in [-0.25, -0.2) is 0 Å². The van der Waals surface area contributed by atoms with Crippen LogP contribution in [0, 0.1) is 0 Å². The molecule has 3 N–H and O–H groups in total. The average molecular weight is 334 g/mol. The van der Waals surface area contributed by atoms with E-state index in [1.807, 2.05) is 0 Å². The van der Waals surface area contributed by atoms with E-state index in [0.717, 1.165) is 19.3 Å². The molecular weight excluding hydrogens is 298 g/mol. The summed E-state index contributed by atoms with van der Waals surface area (Å²) in [5.74, 6) is -0.844. The maximum atomic E-state index is 10.8. The molecule has 0 aromatic carbocycles. The van der Waals surface area contributed by atoms with Crippen LogP contribution in [-0.4, -0.2) is 16.1 Å². The van der Waals surface area contributed by atoms with E-state index < -0.39 is 11.0 Å². The Kier molecular flexibility index (Phi) is 14.1. The van der Waals surface area contributed by atoms with Gasteiger partial charge in [-0.15, -0.1) is 0 Å². The molecule has 0 radical (unpaired) electrons. The van der Waals surface area contributed by atoms with E-state index in [-0.39, 0.29) is 6.42 Å². The van der Waals surface area contributed by atoms with Crippen LogP contribution in [0.3, 0.4) is 0 Å². The smallest absolute Gasteiger partial charge is 0.265 e. The van der Waals surface area contributed by atoms with Gasteiger partial charge in [0.2, 0.25) is 5.06 Å². The van der Waals surface area contributed by atoms with Crippen LogP contribution in [0.15, 0.2) is 0 Å². The molecule has 1 amide bonds. The molecular formula is C18H36ClNO2. The molecule has 0 fully saturated rings. The lowest BCUT2D eigenvalue weighted by Gasteiger charge is -2.15. The number of hydrogen-bond acceptors (Lipinski definition) is 2. The summed E-state index contributed by atoms with van der Waals surface area (Å²) >= 11 is 5.60. The molecule has 0 aromatic heterocycles. The van der Waals surface area contributed by atoms with Crippen LogP contribution >= 0.6 is 11.6 Å². The first-order valence-electron chi connectivity index (χ1n) is 9.22. The van der Waals surface area contributed by atoms with Crippen molar-refractivity contribution in [3.63, 3.8) is 0 Å². The van der Waals surface area contributed by atoms with Crippen molar-refractivity contribution in [3.8, 4) is 0 Å². The molecule has 1 atom stereocenters. The summed E-state index contributed by atoms with van der Waals surface area (Å²) < 4.78 is 0. The van der Waals surface area contributed by atoms with Crippen LogP contribution in [0.4, 0.5) is 0 Å². The first-order valence-corrected chi connectivity index (χ1v) is 9.59. The van der Waals surface area contributed by atoms with Gasteiger partial charge in [-0.2, -0.15) is 0 Å². The minimum Gasteiger partial charge on any atom is -0.367 e. The van der Waals surface area contributed by atoms with Crippen LogP contribution in [-0.2, 0) is 4.79 Å². The lowest BCUT2D eigenvalue weighted by atomic mass is 10.0. The highest BCUT2D eigenvalue weighted by molar-refractivity contribution is 6.33. The van der Waals surface area contributed by atoms with Gasteiger partial charge < -0.3 is 10.8 Å². The van der Waals surface area contributed by atoms with Gasteiger partial charge in [-0.1, -0.05) is 102 Å². The molecule has 0 saturated heterocycles. The Labute approximate surface area is 142 Å². The predicted octanol–water partition coefficient (Wildman–Crippen LogP) is 5.27. The fourth-order valence-corrected chi connectivity index (χ4v) is 2.81. The molecule has 0 aliphatic heterocycles. The summed E-state index contributed by atoms with van der Waals surface area (Å²) in [7, 11) is 0. The van der Waals surface area contributed by atoms with Gasteiger partial charge >= 0.3 is 0 Å². The molecule has 0 aliphatic rings. The maximum absolute atomic E-state index is 10.8. The Hall–Kier alpha value is -0.280. The highest BCUT2D eigenvalue weighted by Crippen LogP contribution is 2.20. The molecule has 0 aliphatic carbocycles. The zero-order chi connectivity index (χ0) is 16.7. The topological polar surface area (TPSA) is 63.3 Å². The lowest BCUT2D eigenvalue weighted by Crippen LogP contribution is -2.38. The minimum atomic E-state index is -1.85. The number of alkyl halides is 1. The van der Waals surface area contributed by atoms with Gasteiger partial charge in [-0.05, 0) is 12.8 Å². The first kappa shape index (κ1) is 21.7. The summed E-state index contributed by atoms with van der Waals surface area (Å²) in [5, 5.41) is 7.62.